The maximum Gasteiger partial charge on any atom is 0.246 e. The number of nitrogens with zero attached hydrogens (tertiary/aromatic N) is 1. The molecule has 0 aromatic heterocycles. The predicted molar refractivity (Wildman–Crippen MR) is 89.6 cm³/mol. The summed E-state index contributed by atoms with van der Waals surface area (Å²) < 4.78 is 13.0. The molecule has 120 valence electrons. The van der Waals surface area contributed by atoms with Crippen LogP contribution in [0.5, 0.6) is 0 Å². The lowest BCUT2D eigenvalue weighted by molar-refractivity contribution is -0.122. The Hall–Kier alpha value is -2.20. The number of nitrogens with one attached hydrogen (secondary N) is 1. The Morgan fingerprint density at radius 1 is 0.957 bits per heavy atom. The maximum absolute atomic E-state index is 13.0. The minimum Gasteiger partial charge on any atom is -0.324 e. The Kier molecular flexibility index (Phi) is 5.03. The average Bonchev–Trinajstić information content (AvgIpc) is 2.59. The molecular weight excluding hydrogens is 291 g/mol. The van der Waals surface area contributed by atoms with Gasteiger partial charge >= 0.3 is 0 Å². The fourth-order valence-corrected chi connectivity index (χ4v) is 3.08. The number of carbonyl (C=O) groups is 1. The second-order valence-electron chi connectivity index (χ2n) is 5.91. The number of hydrogen-bond acceptors (Lipinski definition) is 2. The molecule has 3 rings (SSSR count). The largest absolute Gasteiger partial charge is 0.324 e. The molecule has 2 aromatic carbocycles. The first-order chi connectivity index (χ1) is 11.2. The van der Waals surface area contributed by atoms with E-state index in [2.05, 4.69) is 10.2 Å². The van der Waals surface area contributed by atoms with Crippen LogP contribution in [0.4, 0.5) is 10.1 Å². The fourth-order valence-electron chi connectivity index (χ4n) is 3.08. The SMILES string of the molecule is O=C(Nc1ccc(F)cc1)[C@@H](c1ccccc1)N1CCCCC1. The van der Waals surface area contributed by atoms with Crippen LogP contribution in [0, 0.1) is 5.82 Å². The van der Waals surface area contributed by atoms with Crippen LogP contribution in [0.25, 0.3) is 0 Å². The van der Waals surface area contributed by atoms with E-state index in [0.29, 0.717) is 5.69 Å². The summed E-state index contributed by atoms with van der Waals surface area (Å²) in [6.07, 6.45) is 3.46. The van der Waals surface area contributed by atoms with Crippen molar-refractivity contribution < 1.29 is 9.18 Å². The highest BCUT2D eigenvalue weighted by molar-refractivity contribution is 5.95. The molecule has 1 heterocycles. The highest BCUT2D eigenvalue weighted by atomic mass is 19.1. The molecule has 4 heteroatoms. The van der Waals surface area contributed by atoms with Crippen LogP contribution in [-0.2, 0) is 4.79 Å². The third-order valence-corrected chi connectivity index (χ3v) is 4.23. The Bertz CT molecular complexity index is 636. The summed E-state index contributed by atoms with van der Waals surface area (Å²) in [7, 11) is 0. The first kappa shape index (κ1) is 15.7. The number of amides is 1. The van der Waals surface area contributed by atoms with E-state index in [1.165, 1.54) is 18.6 Å². The number of benzene rings is 2. The van der Waals surface area contributed by atoms with Crippen molar-refractivity contribution in [2.45, 2.75) is 25.3 Å². The molecule has 1 saturated heterocycles. The zero-order valence-electron chi connectivity index (χ0n) is 13.0. The Labute approximate surface area is 136 Å². The number of piperidine rings is 1. The molecular formula is C19H21FN2O. The van der Waals surface area contributed by atoms with Gasteiger partial charge in [-0.1, -0.05) is 36.8 Å². The van der Waals surface area contributed by atoms with Crippen molar-refractivity contribution >= 4 is 11.6 Å². The number of anilines is 1. The third kappa shape index (κ3) is 3.96. The molecule has 1 N–H and O–H groups in total. The average molecular weight is 312 g/mol. The van der Waals surface area contributed by atoms with Crippen LogP contribution in [0.3, 0.4) is 0 Å². The topological polar surface area (TPSA) is 32.3 Å². The normalized spacial score (nSPS) is 16.7. The first-order valence-electron chi connectivity index (χ1n) is 8.09. The van der Waals surface area contributed by atoms with Crippen molar-refractivity contribution in [2.75, 3.05) is 18.4 Å². The summed E-state index contributed by atoms with van der Waals surface area (Å²) in [5.74, 6) is -0.372. The maximum atomic E-state index is 13.0. The van der Waals surface area contributed by atoms with Crippen molar-refractivity contribution in [1.82, 2.24) is 4.90 Å². The molecule has 3 nitrogen and oxygen atoms in total. The van der Waals surface area contributed by atoms with Gasteiger partial charge in [0.05, 0.1) is 0 Å². The van der Waals surface area contributed by atoms with Gasteiger partial charge in [-0.2, -0.15) is 0 Å². The van der Waals surface area contributed by atoms with Gasteiger partial charge in [-0.05, 0) is 55.8 Å². The van der Waals surface area contributed by atoms with E-state index in [4.69, 9.17) is 0 Å². The van der Waals surface area contributed by atoms with E-state index in [-0.39, 0.29) is 17.8 Å². The molecule has 0 bridgehead atoms. The molecule has 0 spiro atoms. The second kappa shape index (κ2) is 7.38. The molecule has 1 atom stereocenters. The van der Waals surface area contributed by atoms with E-state index in [1.807, 2.05) is 30.3 Å². The van der Waals surface area contributed by atoms with Crippen LogP contribution in [0.15, 0.2) is 54.6 Å². The zero-order chi connectivity index (χ0) is 16.1. The third-order valence-electron chi connectivity index (χ3n) is 4.23. The smallest absolute Gasteiger partial charge is 0.246 e. The van der Waals surface area contributed by atoms with Crippen LogP contribution in [0.1, 0.15) is 30.9 Å². The van der Waals surface area contributed by atoms with Gasteiger partial charge in [-0.15, -0.1) is 0 Å². The highest BCUT2D eigenvalue weighted by Gasteiger charge is 2.28. The Balaban J connectivity index is 1.82. The van der Waals surface area contributed by atoms with Crippen LogP contribution in [-0.4, -0.2) is 23.9 Å². The molecule has 2 aromatic rings. The summed E-state index contributed by atoms with van der Waals surface area (Å²) in [5.41, 5.74) is 1.61. The molecule has 1 aliphatic heterocycles. The van der Waals surface area contributed by atoms with Gasteiger partial charge < -0.3 is 5.32 Å². The van der Waals surface area contributed by atoms with Gasteiger partial charge in [0.2, 0.25) is 5.91 Å². The predicted octanol–water partition coefficient (Wildman–Crippen LogP) is 3.99. The minimum absolute atomic E-state index is 0.0651. The molecule has 1 aliphatic rings. The summed E-state index contributed by atoms with van der Waals surface area (Å²) in [5, 5.41) is 2.92. The van der Waals surface area contributed by atoms with E-state index in [0.717, 1.165) is 31.5 Å². The van der Waals surface area contributed by atoms with Gasteiger partial charge in [0.25, 0.3) is 0 Å². The summed E-state index contributed by atoms with van der Waals surface area (Å²) >= 11 is 0. The fraction of sp³-hybridized carbons (Fsp3) is 0.316. The van der Waals surface area contributed by atoms with Crippen molar-refractivity contribution in [3.8, 4) is 0 Å². The van der Waals surface area contributed by atoms with Crippen LogP contribution in [0.2, 0.25) is 0 Å². The van der Waals surface area contributed by atoms with Crippen molar-refractivity contribution in [3.63, 3.8) is 0 Å². The highest BCUT2D eigenvalue weighted by Crippen LogP contribution is 2.26. The second-order valence-corrected chi connectivity index (χ2v) is 5.91. The van der Waals surface area contributed by atoms with Gasteiger partial charge in [-0.3, -0.25) is 9.69 Å². The quantitative estimate of drug-likeness (QED) is 0.926. The van der Waals surface area contributed by atoms with Gasteiger partial charge in [0.15, 0.2) is 0 Å². The number of rotatable bonds is 4. The molecule has 0 radical (unpaired) electrons. The molecule has 1 fully saturated rings. The molecule has 0 unspecified atom stereocenters. The molecule has 0 aliphatic carbocycles. The standard InChI is InChI=1S/C19H21FN2O/c20-16-9-11-17(12-10-16)21-19(23)18(15-7-3-1-4-8-15)22-13-5-2-6-14-22/h1,3-4,7-12,18H,2,5-6,13-14H2,(H,21,23)/t18-/m1/s1. The number of halogens is 1. The monoisotopic (exact) mass is 312 g/mol. The van der Waals surface area contributed by atoms with Crippen LogP contribution >= 0.6 is 0 Å². The lowest BCUT2D eigenvalue weighted by Gasteiger charge is -2.33. The number of likely N-dealkylation sites (tertiary alicyclic amines) is 1. The van der Waals surface area contributed by atoms with Crippen LogP contribution < -0.4 is 5.32 Å². The lowest BCUT2D eigenvalue weighted by Crippen LogP contribution is -2.40. The van der Waals surface area contributed by atoms with Crippen molar-refractivity contribution in [3.05, 3.63) is 66.0 Å². The Morgan fingerprint density at radius 3 is 2.26 bits per heavy atom. The van der Waals surface area contributed by atoms with Gasteiger partial charge in [-0.25, -0.2) is 4.39 Å². The lowest BCUT2D eigenvalue weighted by atomic mass is 10.0. The number of hydrogen-bond donors (Lipinski definition) is 1. The van der Waals surface area contributed by atoms with Gasteiger partial charge in [0.1, 0.15) is 11.9 Å². The minimum atomic E-state index is -0.307. The van der Waals surface area contributed by atoms with E-state index >= 15 is 0 Å². The van der Waals surface area contributed by atoms with Crippen molar-refractivity contribution in [1.29, 1.82) is 0 Å². The van der Waals surface area contributed by atoms with Crippen molar-refractivity contribution in [2.24, 2.45) is 0 Å². The van der Waals surface area contributed by atoms with E-state index < -0.39 is 0 Å². The zero-order valence-corrected chi connectivity index (χ0v) is 13.0. The molecule has 1 amide bonds. The van der Waals surface area contributed by atoms with E-state index in [1.54, 1.807) is 12.1 Å². The summed E-state index contributed by atoms with van der Waals surface area (Å²) in [4.78, 5) is 15.1. The number of carbonyl (C=O) groups excluding carboxylic acids is 1. The molecule has 0 saturated carbocycles. The Morgan fingerprint density at radius 2 is 1.61 bits per heavy atom. The molecule has 23 heavy (non-hydrogen) atoms. The first-order valence-corrected chi connectivity index (χ1v) is 8.09. The summed E-state index contributed by atoms with van der Waals surface area (Å²) in [6.45, 7) is 1.85. The van der Waals surface area contributed by atoms with Gasteiger partial charge in [0, 0.05) is 5.69 Å². The van der Waals surface area contributed by atoms with E-state index in [9.17, 15) is 9.18 Å². The summed E-state index contributed by atoms with van der Waals surface area (Å²) in [6, 6.07) is 15.4.